The molecule has 3 rings (SSSR count). The molecule has 2 amide bonds. The average Bonchev–Trinajstić information content (AvgIpc) is 3.21. The number of carboxylic acid groups (broad SMARTS) is 1. The smallest absolute Gasteiger partial charge is 0.337 e. The zero-order valence-corrected chi connectivity index (χ0v) is 17.5. The lowest BCUT2D eigenvalue weighted by Gasteiger charge is -2.13. The zero-order chi connectivity index (χ0) is 22.0. The van der Waals surface area contributed by atoms with Crippen LogP contribution in [0.2, 0.25) is 5.02 Å². The van der Waals surface area contributed by atoms with E-state index in [1.54, 1.807) is 32.0 Å². The van der Waals surface area contributed by atoms with Crippen LogP contribution in [0, 0.1) is 0 Å². The SMILES string of the molecule is CC(C)OC(=O)CN1C(=O)S/C(=C\c2ccc(-c3ccc(C(=O)O)c(Cl)c3)o2)C1=O. The molecule has 0 aliphatic carbocycles. The number of carbonyl (C=O) groups excluding carboxylic acids is 3. The van der Waals surface area contributed by atoms with Crippen molar-refractivity contribution in [3.8, 4) is 11.3 Å². The summed E-state index contributed by atoms with van der Waals surface area (Å²) in [6, 6.07) is 7.59. The van der Waals surface area contributed by atoms with Crippen molar-refractivity contribution in [2.24, 2.45) is 0 Å². The number of rotatable bonds is 6. The number of ether oxygens (including phenoxy) is 1. The fraction of sp³-hybridized carbons (Fsp3) is 0.200. The first-order valence-electron chi connectivity index (χ1n) is 8.73. The Balaban J connectivity index is 1.77. The minimum atomic E-state index is -1.14. The first-order valence-corrected chi connectivity index (χ1v) is 9.93. The van der Waals surface area contributed by atoms with Gasteiger partial charge in [-0.3, -0.25) is 19.3 Å². The van der Waals surface area contributed by atoms with Gasteiger partial charge in [0.05, 0.1) is 21.6 Å². The second-order valence-electron chi connectivity index (χ2n) is 6.51. The summed E-state index contributed by atoms with van der Waals surface area (Å²) in [5.41, 5.74) is 0.519. The minimum absolute atomic E-state index is 0.0307. The molecule has 1 fully saturated rings. The number of aromatic carboxylic acids is 1. The fourth-order valence-corrected chi connectivity index (χ4v) is 3.70. The summed E-state index contributed by atoms with van der Waals surface area (Å²) in [6.07, 6.45) is 1.04. The third-order valence-corrected chi connectivity index (χ3v) is 5.13. The maximum atomic E-state index is 12.5. The third kappa shape index (κ3) is 4.74. The Bertz CT molecular complexity index is 1070. The van der Waals surface area contributed by atoms with Gasteiger partial charge in [0, 0.05) is 11.6 Å². The van der Waals surface area contributed by atoms with Crippen LogP contribution >= 0.6 is 23.4 Å². The lowest BCUT2D eigenvalue weighted by Crippen LogP contribution is -2.35. The zero-order valence-electron chi connectivity index (χ0n) is 15.9. The van der Waals surface area contributed by atoms with Crippen LogP contribution in [0.15, 0.2) is 39.7 Å². The van der Waals surface area contributed by atoms with Gasteiger partial charge in [-0.2, -0.15) is 0 Å². The first-order chi connectivity index (χ1) is 14.2. The van der Waals surface area contributed by atoms with Crippen molar-refractivity contribution in [2.45, 2.75) is 20.0 Å². The Morgan fingerprint density at radius 1 is 1.27 bits per heavy atom. The number of halogens is 1. The van der Waals surface area contributed by atoms with Crippen LogP contribution in [0.25, 0.3) is 17.4 Å². The molecule has 2 aromatic rings. The largest absolute Gasteiger partial charge is 0.478 e. The highest BCUT2D eigenvalue weighted by molar-refractivity contribution is 8.18. The van der Waals surface area contributed by atoms with Gasteiger partial charge in [-0.15, -0.1) is 0 Å². The number of amides is 2. The summed E-state index contributed by atoms with van der Waals surface area (Å²) in [4.78, 5) is 48.3. The molecule has 1 aliphatic rings. The van der Waals surface area contributed by atoms with Crippen LogP contribution in [0.4, 0.5) is 4.79 Å². The molecule has 0 spiro atoms. The number of nitrogens with zero attached hydrogens (tertiary/aromatic N) is 1. The molecule has 30 heavy (non-hydrogen) atoms. The quantitative estimate of drug-likeness (QED) is 0.513. The van der Waals surface area contributed by atoms with E-state index in [-0.39, 0.29) is 21.6 Å². The molecule has 8 nitrogen and oxygen atoms in total. The van der Waals surface area contributed by atoms with E-state index in [9.17, 15) is 19.2 Å². The van der Waals surface area contributed by atoms with E-state index in [0.29, 0.717) is 28.8 Å². The molecule has 0 radical (unpaired) electrons. The highest BCUT2D eigenvalue weighted by Gasteiger charge is 2.37. The van der Waals surface area contributed by atoms with Crippen molar-refractivity contribution in [2.75, 3.05) is 6.54 Å². The van der Waals surface area contributed by atoms with Crippen molar-refractivity contribution in [3.63, 3.8) is 0 Å². The predicted octanol–water partition coefficient (Wildman–Crippen LogP) is 4.29. The maximum Gasteiger partial charge on any atom is 0.337 e. The number of furan rings is 1. The standard InChI is InChI=1S/C20H16ClNO7S/c1-10(2)28-17(23)9-22-18(24)16(30-20(22)27)8-12-4-6-15(29-12)11-3-5-13(19(25)26)14(21)7-11/h3-8,10H,9H2,1-2H3,(H,25,26)/b16-8-. The van der Waals surface area contributed by atoms with Crippen molar-refractivity contribution < 1.29 is 33.4 Å². The van der Waals surface area contributed by atoms with Gasteiger partial charge in [0.25, 0.3) is 11.1 Å². The molecule has 10 heteroatoms. The Kier molecular flexibility index (Phi) is 6.33. The van der Waals surface area contributed by atoms with Gasteiger partial charge in [0.1, 0.15) is 18.1 Å². The lowest BCUT2D eigenvalue weighted by molar-refractivity contribution is -0.149. The molecule has 0 bridgehead atoms. The van der Waals surface area contributed by atoms with Crippen LogP contribution in [0.5, 0.6) is 0 Å². The summed E-state index contributed by atoms with van der Waals surface area (Å²) in [5.74, 6) is -1.72. The number of carboxylic acids is 1. The van der Waals surface area contributed by atoms with E-state index in [1.165, 1.54) is 18.2 Å². The number of hydrogen-bond acceptors (Lipinski definition) is 7. The number of carbonyl (C=O) groups is 4. The molecule has 1 aromatic heterocycles. The minimum Gasteiger partial charge on any atom is -0.478 e. The lowest BCUT2D eigenvalue weighted by atomic mass is 10.1. The summed E-state index contributed by atoms with van der Waals surface area (Å²) in [6.45, 7) is 2.88. The van der Waals surface area contributed by atoms with E-state index in [0.717, 1.165) is 4.90 Å². The van der Waals surface area contributed by atoms with Crippen LogP contribution in [-0.4, -0.2) is 45.7 Å². The van der Waals surface area contributed by atoms with Gasteiger partial charge in [-0.25, -0.2) is 4.79 Å². The Morgan fingerprint density at radius 2 is 2.00 bits per heavy atom. The van der Waals surface area contributed by atoms with Crippen LogP contribution < -0.4 is 0 Å². The Hall–Kier alpha value is -3.04. The maximum absolute atomic E-state index is 12.5. The molecule has 2 heterocycles. The van der Waals surface area contributed by atoms with Crippen LogP contribution in [-0.2, 0) is 14.3 Å². The molecular formula is C20H16ClNO7S. The van der Waals surface area contributed by atoms with Crippen molar-refractivity contribution in [3.05, 3.63) is 51.6 Å². The molecule has 0 saturated carbocycles. The first kappa shape index (κ1) is 21.7. The van der Waals surface area contributed by atoms with Gasteiger partial charge in [-0.05, 0) is 49.9 Å². The van der Waals surface area contributed by atoms with Gasteiger partial charge in [0.15, 0.2) is 0 Å². The molecule has 1 N–H and O–H groups in total. The average molecular weight is 450 g/mol. The van der Waals surface area contributed by atoms with Gasteiger partial charge < -0.3 is 14.3 Å². The molecule has 1 aromatic carbocycles. The highest BCUT2D eigenvalue weighted by atomic mass is 35.5. The van der Waals surface area contributed by atoms with Gasteiger partial charge in [0.2, 0.25) is 0 Å². The summed E-state index contributed by atoms with van der Waals surface area (Å²) in [5, 5.41) is 8.53. The number of hydrogen-bond donors (Lipinski definition) is 1. The van der Waals surface area contributed by atoms with Gasteiger partial charge in [-0.1, -0.05) is 17.7 Å². The van der Waals surface area contributed by atoms with E-state index < -0.39 is 29.6 Å². The Morgan fingerprint density at radius 3 is 2.63 bits per heavy atom. The van der Waals surface area contributed by atoms with E-state index >= 15 is 0 Å². The Labute approximate surface area is 180 Å². The molecular weight excluding hydrogens is 434 g/mol. The monoisotopic (exact) mass is 449 g/mol. The topological polar surface area (TPSA) is 114 Å². The molecule has 0 unspecified atom stereocenters. The highest BCUT2D eigenvalue weighted by Crippen LogP contribution is 2.34. The molecule has 0 atom stereocenters. The second-order valence-corrected chi connectivity index (χ2v) is 7.91. The summed E-state index contributed by atoms with van der Waals surface area (Å²) < 4.78 is 10.6. The molecule has 156 valence electrons. The third-order valence-electron chi connectivity index (χ3n) is 3.91. The fourth-order valence-electron chi connectivity index (χ4n) is 2.62. The summed E-state index contributed by atoms with van der Waals surface area (Å²) in [7, 11) is 0. The van der Waals surface area contributed by atoms with Gasteiger partial charge >= 0.3 is 11.9 Å². The van der Waals surface area contributed by atoms with Crippen LogP contribution in [0.3, 0.4) is 0 Å². The number of benzene rings is 1. The van der Waals surface area contributed by atoms with Crippen molar-refractivity contribution in [1.29, 1.82) is 0 Å². The van der Waals surface area contributed by atoms with Crippen molar-refractivity contribution >= 4 is 52.5 Å². The van der Waals surface area contributed by atoms with E-state index in [1.807, 2.05) is 0 Å². The second kappa shape index (κ2) is 8.76. The number of imide groups is 1. The van der Waals surface area contributed by atoms with E-state index in [4.69, 9.17) is 25.9 Å². The normalized spacial score (nSPS) is 15.3. The predicted molar refractivity (Wildman–Crippen MR) is 110 cm³/mol. The number of esters is 1. The number of thioether (sulfide) groups is 1. The van der Waals surface area contributed by atoms with Crippen LogP contribution in [0.1, 0.15) is 30.0 Å². The summed E-state index contributed by atoms with van der Waals surface area (Å²) >= 11 is 6.67. The van der Waals surface area contributed by atoms with Crippen molar-refractivity contribution in [1.82, 2.24) is 4.90 Å². The molecule has 1 aliphatic heterocycles. The molecule has 1 saturated heterocycles. The van der Waals surface area contributed by atoms with E-state index in [2.05, 4.69) is 0 Å².